The van der Waals surface area contributed by atoms with Crippen molar-refractivity contribution in [1.29, 1.82) is 0 Å². The average Bonchev–Trinajstić information content (AvgIpc) is 2.93. The minimum Gasteiger partial charge on any atom is -0.468 e. The Balaban J connectivity index is 1.77. The largest absolute Gasteiger partial charge is 0.468 e. The summed E-state index contributed by atoms with van der Waals surface area (Å²) < 4.78 is 10.4. The summed E-state index contributed by atoms with van der Waals surface area (Å²) in [4.78, 5) is 14.1. The van der Waals surface area contributed by atoms with E-state index < -0.39 is 0 Å². The number of hydrogen-bond donors (Lipinski definition) is 0. The van der Waals surface area contributed by atoms with Crippen molar-refractivity contribution in [2.45, 2.75) is 50.2 Å². The van der Waals surface area contributed by atoms with Gasteiger partial charge in [-0.05, 0) is 25.0 Å². The summed E-state index contributed by atoms with van der Waals surface area (Å²) in [5, 5.41) is 0. The number of furan rings is 1. The summed E-state index contributed by atoms with van der Waals surface area (Å²) in [6.45, 7) is 0. The number of carbonyl (C=O) groups is 1. The topological polar surface area (TPSA) is 42.4 Å². The zero-order valence-electron chi connectivity index (χ0n) is 10.7. The van der Waals surface area contributed by atoms with Crippen molar-refractivity contribution in [1.82, 2.24) is 4.90 Å². The first-order valence-corrected chi connectivity index (χ1v) is 6.71. The maximum atomic E-state index is 11.8. The van der Waals surface area contributed by atoms with Crippen LogP contribution >= 0.6 is 0 Å². The number of nitrogens with zero attached hydrogens (tertiary/aromatic N) is 1. The Hall–Kier alpha value is -1.29. The van der Waals surface area contributed by atoms with Crippen LogP contribution in [0.1, 0.15) is 43.9 Å². The Bertz CT molecular complexity index is 409. The third-order valence-corrected chi connectivity index (χ3v) is 4.13. The highest BCUT2D eigenvalue weighted by Crippen LogP contribution is 2.48. The molecule has 1 unspecified atom stereocenters. The van der Waals surface area contributed by atoms with Gasteiger partial charge in [0.1, 0.15) is 11.8 Å². The lowest BCUT2D eigenvalue weighted by molar-refractivity contribution is -0.141. The molecular weight excluding hydrogens is 230 g/mol. The second-order valence-corrected chi connectivity index (χ2v) is 5.17. The zero-order chi connectivity index (χ0) is 12.5. The standard InChI is InChI=1S/C14H19NO3/c1-17-14(16)13-12(11-8-5-9-18-11)15(13)10-6-3-2-4-7-10/h5,8-10,12-13H,2-4,6-7H2,1H3/t12-,13+,15?/m1/s1. The van der Waals surface area contributed by atoms with Gasteiger partial charge in [0, 0.05) is 6.04 Å². The van der Waals surface area contributed by atoms with Crippen LogP contribution in [0.15, 0.2) is 22.8 Å². The van der Waals surface area contributed by atoms with Crippen LogP contribution in [0, 0.1) is 0 Å². The highest BCUT2D eigenvalue weighted by atomic mass is 16.5. The molecule has 0 amide bonds. The van der Waals surface area contributed by atoms with Crippen LogP contribution in [0.2, 0.25) is 0 Å². The highest BCUT2D eigenvalue weighted by molar-refractivity contribution is 5.80. The van der Waals surface area contributed by atoms with Gasteiger partial charge in [-0.15, -0.1) is 0 Å². The summed E-state index contributed by atoms with van der Waals surface area (Å²) in [6.07, 6.45) is 7.88. The number of carbonyl (C=O) groups excluding carboxylic acids is 1. The van der Waals surface area contributed by atoms with Gasteiger partial charge >= 0.3 is 5.97 Å². The summed E-state index contributed by atoms with van der Waals surface area (Å²) in [5.74, 6) is 0.748. The Kier molecular flexibility index (Phi) is 3.12. The van der Waals surface area contributed by atoms with Crippen LogP contribution in [-0.2, 0) is 9.53 Å². The fourth-order valence-corrected chi connectivity index (χ4v) is 3.21. The molecule has 1 saturated heterocycles. The predicted octanol–water partition coefficient (Wildman–Crippen LogP) is 2.51. The van der Waals surface area contributed by atoms with E-state index >= 15 is 0 Å². The van der Waals surface area contributed by atoms with E-state index in [9.17, 15) is 4.79 Å². The number of ether oxygens (including phenoxy) is 1. The lowest BCUT2D eigenvalue weighted by Crippen LogP contribution is -2.26. The molecule has 3 rings (SSSR count). The molecule has 1 aliphatic carbocycles. The van der Waals surface area contributed by atoms with Crippen molar-refractivity contribution in [3.8, 4) is 0 Å². The molecule has 1 aliphatic heterocycles. The molecule has 98 valence electrons. The first-order valence-electron chi connectivity index (χ1n) is 6.71. The zero-order valence-corrected chi connectivity index (χ0v) is 10.7. The van der Waals surface area contributed by atoms with Gasteiger partial charge < -0.3 is 9.15 Å². The number of rotatable bonds is 3. The molecule has 0 radical (unpaired) electrons. The summed E-state index contributed by atoms with van der Waals surface area (Å²) in [5.41, 5.74) is 0. The third kappa shape index (κ3) is 1.94. The van der Waals surface area contributed by atoms with Crippen molar-refractivity contribution in [2.24, 2.45) is 0 Å². The van der Waals surface area contributed by atoms with Crippen molar-refractivity contribution >= 4 is 5.97 Å². The Labute approximate surface area is 107 Å². The average molecular weight is 249 g/mol. The molecule has 0 bridgehead atoms. The molecule has 0 aromatic carbocycles. The van der Waals surface area contributed by atoms with E-state index in [4.69, 9.17) is 9.15 Å². The van der Waals surface area contributed by atoms with Crippen molar-refractivity contribution in [3.63, 3.8) is 0 Å². The van der Waals surface area contributed by atoms with Crippen molar-refractivity contribution < 1.29 is 13.9 Å². The van der Waals surface area contributed by atoms with Gasteiger partial charge in [-0.25, -0.2) is 0 Å². The maximum Gasteiger partial charge on any atom is 0.325 e. The molecule has 4 heteroatoms. The van der Waals surface area contributed by atoms with E-state index in [1.807, 2.05) is 12.1 Å². The van der Waals surface area contributed by atoms with Gasteiger partial charge in [0.2, 0.25) is 0 Å². The lowest BCUT2D eigenvalue weighted by atomic mass is 9.95. The van der Waals surface area contributed by atoms with Crippen molar-refractivity contribution in [2.75, 3.05) is 7.11 Å². The normalized spacial score (nSPS) is 32.2. The monoisotopic (exact) mass is 249 g/mol. The van der Waals surface area contributed by atoms with Crippen LogP contribution in [0.4, 0.5) is 0 Å². The van der Waals surface area contributed by atoms with Gasteiger partial charge in [0.05, 0.1) is 19.4 Å². The van der Waals surface area contributed by atoms with Gasteiger partial charge in [-0.1, -0.05) is 19.3 Å². The molecule has 2 aliphatic rings. The number of hydrogen-bond acceptors (Lipinski definition) is 4. The Morgan fingerprint density at radius 2 is 2.17 bits per heavy atom. The number of methoxy groups -OCH3 is 1. The van der Waals surface area contributed by atoms with E-state index in [0.717, 1.165) is 5.76 Å². The number of esters is 1. The molecule has 3 atom stereocenters. The van der Waals surface area contributed by atoms with Crippen LogP contribution in [-0.4, -0.2) is 30.1 Å². The molecular formula is C14H19NO3. The predicted molar refractivity (Wildman–Crippen MR) is 66.0 cm³/mol. The second kappa shape index (κ2) is 4.76. The molecule has 2 heterocycles. The second-order valence-electron chi connectivity index (χ2n) is 5.17. The Morgan fingerprint density at radius 1 is 1.39 bits per heavy atom. The summed E-state index contributed by atoms with van der Waals surface area (Å²) in [6, 6.07) is 4.29. The molecule has 18 heavy (non-hydrogen) atoms. The van der Waals surface area contributed by atoms with E-state index in [-0.39, 0.29) is 18.1 Å². The quantitative estimate of drug-likeness (QED) is 0.610. The molecule has 0 spiro atoms. The van der Waals surface area contributed by atoms with Gasteiger partial charge in [0.25, 0.3) is 0 Å². The molecule has 4 nitrogen and oxygen atoms in total. The smallest absolute Gasteiger partial charge is 0.325 e. The van der Waals surface area contributed by atoms with Gasteiger partial charge in [-0.2, -0.15) is 0 Å². The first-order chi connectivity index (χ1) is 8.83. The van der Waals surface area contributed by atoms with Crippen LogP contribution in [0.3, 0.4) is 0 Å². The van der Waals surface area contributed by atoms with Gasteiger partial charge in [0.15, 0.2) is 0 Å². The van der Waals surface area contributed by atoms with E-state index in [1.165, 1.54) is 39.2 Å². The van der Waals surface area contributed by atoms with Crippen LogP contribution in [0.5, 0.6) is 0 Å². The van der Waals surface area contributed by atoms with E-state index in [2.05, 4.69) is 4.90 Å². The minimum absolute atomic E-state index is 0.0931. The highest BCUT2D eigenvalue weighted by Gasteiger charge is 2.58. The summed E-state index contributed by atoms with van der Waals surface area (Å²) >= 11 is 0. The minimum atomic E-state index is -0.137. The SMILES string of the molecule is COC(=O)[C@@H]1[C@@H](c2ccco2)N1C1CCCCC1. The molecule has 1 saturated carbocycles. The van der Waals surface area contributed by atoms with E-state index in [1.54, 1.807) is 6.26 Å². The van der Waals surface area contributed by atoms with Crippen LogP contribution in [0.25, 0.3) is 0 Å². The molecule has 1 aromatic rings. The van der Waals surface area contributed by atoms with Gasteiger partial charge in [-0.3, -0.25) is 9.69 Å². The van der Waals surface area contributed by atoms with E-state index in [0.29, 0.717) is 6.04 Å². The molecule has 2 fully saturated rings. The summed E-state index contributed by atoms with van der Waals surface area (Å²) in [7, 11) is 1.46. The maximum absolute atomic E-state index is 11.8. The molecule has 0 N–H and O–H groups in total. The molecule has 1 aromatic heterocycles. The lowest BCUT2D eigenvalue weighted by Gasteiger charge is -2.23. The fourth-order valence-electron chi connectivity index (χ4n) is 3.21. The fraction of sp³-hybridized carbons (Fsp3) is 0.643. The van der Waals surface area contributed by atoms with Crippen molar-refractivity contribution in [3.05, 3.63) is 24.2 Å². The third-order valence-electron chi connectivity index (χ3n) is 4.13. The van der Waals surface area contributed by atoms with Crippen LogP contribution < -0.4 is 0 Å². The first kappa shape index (κ1) is 11.8. The Morgan fingerprint density at radius 3 is 2.78 bits per heavy atom.